The fraction of sp³-hybridized carbons (Fsp3) is 0.615. The average Bonchev–Trinajstić information content (AvgIpc) is 2.89. The van der Waals surface area contributed by atoms with Crippen molar-refractivity contribution >= 4 is 17.1 Å². The minimum atomic E-state index is -0.212. The summed E-state index contributed by atoms with van der Waals surface area (Å²) in [6, 6.07) is 2.05. The number of Topliss-reactive ketones (excluding diaryl/α,β-unsaturated/α-hetero) is 1. The van der Waals surface area contributed by atoms with Gasteiger partial charge in [-0.3, -0.25) is 4.79 Å². The Balaban J connectivity index is 2.05. The number of thiophene rings is 1. The summed E-state index contributed by atoms with van der Waals surface area (Å²) in [7, 11) is 0. The smallest absolute Gasteiger partial charge is 0.157 e. The highest BCUT2D eigenvalue weighted by Crippen LogP contribution is 2.27. The number of nitrogens with one attached hydrogen (secondary N) is 1. The SMILES string of the molecule is CCCC1(C(=O)Cc2ccsc2)CCCN1. The van der Waals surface area contributed by atoms with Gasteiger partial charge in [0.25, 0.3) is 0 Å². The first-order chi connectivity index (χ1) is 7.77. The number of ketones is 1. The molecule has 1 aliphatic rings. The summed E-state index contributed by atoms with van der Waals surface area (Å²) in [5.74, 6) is 0.380. The van der Waals surface area contributed by atoms with Crippen molar-refractivity contribution in [2.75, 3.05) is 6.54 Å². The first-order valence-electron chi connectivity index (χ1n) is 6.06. The molecule has 0 bridgehead atoms. The van der Waals surface area contributed by atoms with E-state index in [1.54, 1.807) is 11.3 Å². The third-order valence-corrected chi connectivity index (χ3v) is 4.13. The monoisotopic (exact) mass is 237 g/mol. The number of hydrogen-bond acceptors (Lipinski definition) is 3. The molecule has 1 fully saturated rings. The number of rotatable bonds is 5. The van der Waals surface area contributed by atoms with Crippen LogP contribution in [0, 0.1) is 0 Å². The normalized spacial score (nSPS) is 24.8. The highest BCUT2D eigenvalue weighted by molar-refractivity contribution is 7.08. The molecule has 0 spiro atoms. The zero-order valence-corrected chi connectivity index (χ0v) is 10.6. The van der Waals surface area contributed by atoms with E-state index in [1.165, 1.54) is 5.56 Å². The first kappa shape index (κ1) is 11.8. The van der Waals surface area contributed by atoms with Gasteiger partial charge in [0, 0.05) is 6.42 Å². The molecule has 1 saturated heterocycles. The van der Waals surface area contributed by atoms with E-state index in [0.29, 0.717) is 12.2 Å². The lowest BCUT2D eigenvalue weighted by molar-refractivity contribution is -0.124. The summed E-state index contributed by atoms with van der Waals surface area (Å²) in [5.41, 5.74) is 0.954. The van der Waals surface area contributed by atoms with Gasteiger partial charge in [0.05, 0.1) is 5.54 Å². The van der Waals surface area contributed by atoms with Crippen LogP contribution in [0.25, 0.3) is 0 Å². The third kappa shape index (κ3) is 2.36. The van der Waals surface area contributed by atoms with Crippen LogP contribution in [-0.4, -0.2) is 17.9 Å². The molecule has 88 valence electrons. The lowest BCUT2D eigenvalue weighted by Crippen LogP contribution is -2.48. The zero-order chi connectivity index (χ0) is 11.4. The number of carbonyl (C=O) groups excluding carboxylic acids is 1. The van der Waals surface area contributed by atoms with Crippen molar-refractivity contribution in [2.45, 2.75) is 44.6 Å². The van der Waals surface area contributed by atoms with Gasteiger partial charge < -0.3 is 5.32 Å². The molecule has 0 saturated carbocycles. The molecule has 2 heterocycles. The topological polar surface area (TPSA) is 29.1 Å². The molecule has 1 atom stereocenters. The van der Waals surface area contributed by atoms with E-state index in [4.69, 9.17) is 0 Å². The second kappa shape index (κ2) is 5.11. The van der Waals surface area contributed by atoms with Gasteiger partial charge >= 0.3 is 0 Å². The third-order valence-electron chi connectivity index (χ3n) is 3.40. The van der Waals surface area contributed by atoms with E-state index >= 15 is 0 Å². The second-order valence-electron chi connectivity index (χ2n) is 4.59. The Hall–Kier alpha value is -0.670. The molecule has 0 aliphatic carbocycles. The highest BCUT2D eigenvalue weighted by atomic mass is 32.1. The maximum Gasteiger partial charge on any atom is 0.157 e. The molecule has 0 aromatic carbocycles. The Labute approximate surface area is 101 Å². The van der Waals surface area contributed by atoms with E-state index < -0.39 is 0 Å². The van der Waals surface area contributed by atoms with E-state index in [1.807, 2.05) is 5.38 Å². The van der Waals surface area contributed by atoms with E-state index in [2.05, 4.69) is 23.7 Å². The zero-order valence-electron chi connectivity index (χ0n) is 9.79. The molecule has 2 rings (SSSR count). The Bertz CT molecular complexity index is 339. The Morgan fingerprint density at radius 3 is 3.06 bits per heavy atom. The molecule has 16 heavy (non-hydrogen) atoms. The van der Waals surface area contributed by atoms with Gasteiger partial charge in [-0.15, -0.1) is 0 Å². The van der Waals surface area contributed by atoms with Crippen molar-refractivity contribution < 1.29 is 4.79 Å². The van der Waals surface area contributed by atoms with Crippen LogP contribution in [0.1, 0.15) is 38.2 Å². The first-order valence-corrected chi connectivity index (χ1v) is 7.00. The van der Waals surface area contributed by atoms with Crippen molar-refractivity contribution in [3.8, 4) is 0 Å². The predicted octanol–water partition coefficient (Wildman–Crippen LogP) is 2.78. The Morgan fingerprint density at radius 2 is 2.50 bits per heavy atom. The molecule has 1 aliphatic heterocycles. The molecule has 1 unspecified atom stereocenters. The van der Waals surface area contributed by atoms with Gasteiger partial charge in [0.2, 0.25) is 0 Å². The average molecular weight is 237 g/mol. The summed E-state index contributed by atoms with van der Waals surface area (Å²) >= 11 is 1.66. The minimum absolute atomic E-state index is 0.212. The largest absolute Gasteiger partial charge is 0.305 e. The summed E-state index contributed by atoms with van der Waals surface area (Å²) in [5, 5.41) is 7.55. The standard InChI is InChI=1S/C13H19NOS/c1-2-5-13(6-3-7-14-13)12(15)9-11-4-8-16-10-11/h4,8,10,14H,2-3,5-7,9H2,1H3. The highest BCUT2D eigenvalue weighted by Gasteiger charge is 2.39. The van der Waals surface area contributed by atoms with Crippen LogP contribution in [0.2, 0.25) is 0 Å². The van der Waals surface area contributed by atoms with Crippen molar-refractivity contribution in [2.24, 2.45) is 0 Å². The molecule has 0 radical (unpaired) electrons. The van der Waals surface area contributed by atoms with Gasteiger partial charge in [-0.25, -0.2) is 0 Å². The molecule has 3 heteroatoms. The minimum Gasteiger partial charge on any atom is -0.305 e. The molecule has 2 nitrogen and oxygen atoms in total. The van der Waals surface area contributed by atoms with Crippen LogP contribution in [0.3, 0.4) is 0 Å². The molecular formula is C13H19NOS. The van der Waals surface area contributed by atoms with Crippen LogP contribution in [0.5, 0.6) is 0 Å². The number of carbonyl (C=O) groups is 1. The van der Waals surface area contributed by atoms with Crippen molar-refractivity contribution in [1.29, 1.82) is 0 Å². The summed E-state index contributed by atoms with van der Waals surface area (Å²) in [4.78, 5) is 12.4. The maximum absolute atomic E-state index is 12.4. The summed E-state index contributed by atoms with van der Waals surface area (Å²) < 4.78 is 0. The van der Waals surface area contributed by atoms with Gasteiger partial charge in [-0.05, 0) is 48.2 Å². The van der Waals surface area contributed by atoms with Crippen molar-refractivity contribution in [1.82, 2.24) is 5.32 Å². The molecule has 1 aromatic rings. The molecule has 1 N–H and O–H groups in total. The fourth-order valence-electron chi connectivity index (χ4n) is 2.57. The van der Waals surface area contributed by atoms with Crippen molar-refractivity contribution in [3.63, 3.8) is 0 Å². The molecule has 1 aromatic heterocycles. The van der Waals surface area contributed by atoms with Gasteiger partial charge in [-0.2, -0.15) is 11.3 Å². The van der Waals surface area contributed by atoms with Crippen LogP contribution >= 0.6 is 11.3 Å². The molecular weight excluding hydrogens is 218 g/mol. The van der Waals surface area contributed by atoms with Gasteiger partial charge in [0.15, 0.2) is 5.78 Å². The van der Waals surface area contributed by atoms with Crippen LogP contribution < -0.4 is 5.32 Å². The van der Waals surface area contributed by atoms with E-state index in [-0.39, 0.29) is 5.54 Å². The maximum atomic E-state index is 12.4. The van der Waals surface area contributed by atoms with E-state index in [0.717, 1.165) is 32.2 Å². The van der Waals surface area contributed by atoms with Gasteiger partial charge in [-0.1, -0.05) is 13.3 Å². The molecule has 0 amide bonds. The number of hydrogen-bond donors (Lipinski definition) is 1. The Kier molecular flexibility index (Phi) is 3.77. The van der Waals surface area contributed by atoms with Crippen LogP contribution in [0.15, 0.2) is 16.8 Å². The quantitative estimate of drug-likeness (QED) is 0.853. The fourth-order valence-corrected chi connectivity index (χ4v) is 3.24. The van der Waals surface area contributed by atoms with Crippen LogP contribution in [-0.2, 0) is 11.2 Å². The lowest BCUT2D eigenvalue weighted by Gasteiger charge is -2.27. The Morgan fingerprint density at radius 1 is 1.62 bits per heavy atom. The lowest BCUT2D eigenvalue weighted by atomic mass is 9.85. The van der Waals surface area contributed by atoms with E-state index in [9.17, 15) is 4.79 Å². The summed E-state index contributed by atoms with van der Waals surface area (Å²) in [6.07, 6.45) is 4.80. The summed E-state index contributed by atoms with van der Waals surface area (Å²) in [6.45, 7) is 3.15. The second-order valence-corrected chi connectivity index (χ2v) is 5.37. The predicted molar refractivity (Wildman–Crippen MR) is 67.9 cm³/mol. The van der Waals surface area contributed by atoms with Gasteiger partial charge in [0.1, 0.15) is 0 Å². The van der Waals surface area contributed by atoms with Crippen molar-refractivity contribution in [3.05, 3.63) is 22.4 Å². The van der Waals surface area contributed by atoms with Crippen LogP contribution in [0.4, 0.5) is 0 Å².